The van der Waals surface area contributed by atoms with Crippen LogP contribution in [-0.2, 0) is 0 Å². The van der Waals surface area contributed by atoms with Crippen LogP contribution in [0, 0.1) is 10.8 Å². The Morgan fingerprint density at radius 2 is 2.04 bits per heavy atom. The largest absolute Gasteiger partial charge is 0.503 e. The lowest BCUT2D eigenvalue weighted by Crippen LogP contribution is -2.41. The van der Waals surface area contributed by atoms with Crippen molar-refractivity contribution >= 4 is 5.91 Å². The van der Waals surface area contributed by atoms with Crippen LogP contribution < -0.4 is 10.1 Å². The first-order valence-electron chi connectivity index (χ1n) is 8.34. The van der Waals surface area contributed by atoms with Gasteiger partial charge in [-0.2, -0.15) is 0 Å². The predicted octanol–water partition coefficient (Wildman–Crippen LogP) is 3.69. The highest BCUT2D eigenvalue weighted by molar-refractivity contribution is 5.95. The van der Waals surface area contributed by atoms with Crippen molar-refractivity contribution in [2.24, 2.45) is 10.8 Å². The molecule has 1 amide bonds. The number of ether oxygens (including phenoxy) is 1. The maximum atomic E-state index is 12.6. The summed E-state index contributed by atoms with van der Waals surface area (Å²) >= 11 is 0. The molecule has 2 N–H and O–H groups in total. The molecule has 1 heterocycles. The number of allylic oxidation sites excluding steroid dienone is 2. The van der Waals surface area contributed by atoms with Gasteiger partial charge in [-0.15, -0.1) is 0 Å². The molecule has 1 aliphatic rings. The van der Waals surface area contributed by atoms with Crippen molar-refractivity contribution in [3.63, 3.8) is 0 Å². The Morgan fingerprint density at radius 3 is 2.71 bits per heavy atom. The molecule has 1 aromatic heterocycles. The first-order chi connectivity index (χ1) is 11.1. The lowest BCUT2D eigenvalue weighted by Gasteiger charge is -2.36. The fourth-order valence-electron chi connectivity index (χ4n) is 3.35. The molecular weight excluding hydrogens is 304 g/mol. The molecule has 0 saturated heterocycles. The van der Waals surface area contributed by atoms with Crippen LogP contribution >= 0.6 is 0 Å². The van der Waals surface area contributed by atoms with E-state index in [4.69, 9.17) is 4.74 Å². The second kappa shape index (κ2) is 6.83. The van der Waals surface area contributed by atoms with Crippen LogP contribution in [0.3, 0.4) is 0 Å². The molecule has 0 aliphatic heterocycles. The van der Waals surface area contributed by atoms with E-state index in [1.165, 1.54) is 19.4 Å². The fourth-order valence-corrected chi connectivity index (χ4v) is 3.35. The van der Waals surface area contributed by atoms with Gasteiger partial charge in [-0.25, -0.2) is 4.98 Å². The van der Waals surface area contributed by atoms with E-state index < -0.39 is 0 Å². The molecule has 0 saturated carbocycles. The molecule has 5 heteroatoms. The molecule has 0 radical (unpaired) electrons. The van der Waals surface area contributed by atoms with Crippen LogP contribution in [0.4, 0.5) is 0 Å². The average molecular weight is 332 g/mol. The van der Waals surface area contributed by atoms with E-state index in [0.29, 0.717) is 0 Å². The number of methoxy groups -OCH3 is 1. The number of aromatic hydroxyl groups is 1. The number of pyridine rings is 1. The van der Waals surface area contributed by atoms with Crippen LogP contribution in [0.1, 0.15) is 57.4 Å². The van der Waals surface area contributed by atoms with Gasteiger partial charge < -0.3 is 15.2 Å². The number of hydrogen-bond donors (Lipinski definition) is 2. The molecule has 1 aliphatic carbocycles. The SMILES string of the molecule is COc1ccnc(C(=O)NC2CC(C)(C)C=CCC(C)(C)C2)c1O. The Kier molecular flexibility index (Phi) is 5.21. The third-order valence-electron chi connectivity index (χ3n) is 4.47. The van der Waals surface area contributed by atoms with Gasteiger partial charge in [0, 0.05) is 18.3 Å². The van der Waals surface area contributed by atoms with Gasteiger partial charge in [0.05, 0.1) is 7.11 Å². The smallest absolute Gasteiger partial charge is 0.274 e. The molecule has 0 fully saturated rings. The summed E-state index contributed by atoms with van der Waals surface area (Å²) in [6.45, 7) is 8.75. The normalized spacial score (nSPS) is 22.3. The summed E-state index contributed by atoms with van der Waals surface area (Å²) in [4.78, 5) is 16.6. The van der Waals surface area contributed by atoms with Gasteiger partial charge in [0.1, 0.15) is 0 Å². The number of carbonyl (C=O) groups is 1. The van der Waals surface area contributed by atoms with Crippen LogP contribution in [0.2, 0.25) is 0 Å². The van der Waals surface area contributed by atoms with Crippen molar-refractivity contribution in [2.45, 2.75) is 53.0 Å². The number of nitrogens with one attached hydrogen (secondary N) is 1. The second-order valence-electron chi connectivity index (χ2n) is 8.05. The van der Waals surface area contributed by atoms with Crippen molar-refractivity contribution < 1.29 is 14.6 Å². The Bertz CT molecular complexity index is 635. The van der Waals surface area contributed by atoms with Crippen LogP contribution in [0.15, 0.2) is 24.4 Å². The maximum Gasteiger partial charge on any atom is 0.274 e. The molecule has 2 rings (SSSR count). The summed E-state index contributed by atoms with van der Waals surface area (Å²) < 4.78 is 5.05. The van der Waals surface area contributed by atoms with Gasteiger partial charge >= 0.3 is 0 Å². The lowest BCUT2D eigenvalue weighted by molar-refractivity contribution is 0.0902. The highest BCUT2D eigenvalue weighted by Gasteiger charge is 2.31. The minimum Gasteiger partial charge on any atom is -0.503 e. The zero-order valence-corrected chi connectivity index (χ0v) is 15.2. The van der Waals surface area contributed by atoms with E-state index in [2.05, 4.69) is 50.1 Å². The molecule has 132 valence electrons. The Hall–Kier alpha value is -2.04. The standard InChI is InChI=1S/C19H28N2O3/c1-18(2)8-6-9-19(3,4)12-13(11-18)21-17(23)15-16(22)14(24-5)7-10-20-15/h6-8,10,13,22H,9,11-12H2,1-5H3,(H,21,23). The number of rotatable bonds is 3. The minimum atomic E-state index is -0.368. The number of hydrogen-bond acceptors (Lipinski definition) is 4. The van der Waals surface area contributed by atoms with Crippen molar-refractivity contribution in [1.82, 2.24) is 10.3 Å². The van der Waals surface area contributed by atoms with Gasteiger partial charge in [0.25, 0.3) is 5.91 Å². The number of aromatic nitrogens is 1. The van der Waals surface area contributed by atoms with Gasteiger partial charge in [-0.3, -0.25) is 4.79 Å². The third kappa shape index (κ3) is 4.49. The topological polar surface area (TPSA) is 71.5 Å². The van der Waals surface area contributed by atoms with Gasteiger partial charge in [0.2, 0.25) is 0 Å². The van der Waals surface area contributed by atoms with Crippen LogP contribution in [0.25, 0.3) is 0 Å². The molecule has 0 bridgehead atoms. The Balaban J connectivity index is 2.21. The lowest BCUT2D eigenvalue weighted by atomic mass is 9.74. The molecule has 1 aromatic rings. The summed E-state index contributed by atoms with van der Waals surface area (Å²) in [5.74, 6) is -0.342. The Morgan fingerprint density at radius 1 is 1.33 bits per heavy atom. The first-order valence-corrected chi connectivity index (χ1v) is 8.34. The summed E-state index contributed by atoms with van der Waals surface area (Å²) in [5, 5.41) is 13.2. The summed E-state index contributed by atoms with van der Waals surface area (Å²) in [5.41, 5.74) is 0.121. The van der Waals surface area contributed by atoms with Crippen molar-refractivity contribution in [2.75, 3.05) is 7.11 Å². The summed E-state index contributed by atoms with van der Waals surface area (Å²) in [6.07, 6.45) is 8.62. The van der Waals surface area contributed by atoms with E-state index in [1.807, 2.05) is 0 Å². The highest BCUT2D eigenvalue weighted by atomic mass is 16.5. The number of carbonyl (C=O) groups excluding carboxylic acids is 1. The molecule has 5 nitrogen and oxygen atoms in total. The Labute approximate surface area is 144 Å². The molecule has 1 unspecified atom stereocenters. The van der Waals surface area contributed by atoms with Crippen LogP contribution in [-0.4, -0.2) is 29.1 Å². The highest BCUT2D eigenvalue weighted by Crippen LogP contribution is 2.36. The van der Waals surface area contributed by atoms with E-state index in [-0.39, 0.29) is 40.0 Å². The average Bonchev–Trinajstić information content (AvgIpc) is 2.44. The second-order valence-corrected chi connectivity index (χ2v) is 8.05. The van der Waals surface area contributed by atoms with E-state index in [9.17, 15) is 9.90 Å². The van der Waals surface area contributed by atoms with Crippen LogP contribution in [0.5, 0.6) is 11.5 Å². The quantitative estimate of drug-likeness (QED) is 0.828. The predicted molar refractivity (Wildman–Crippen MR) is 94.3 cm³/mol. The zero-order valence-electron chi connectivity index (χ0n) is 15.2. The molecular formula is C19H28N2O3. The maximum absolute atomic E-state index is 12.6. The number of amides is 1. The molecule has 0 aromatic carbocycles. The van der Waals surface area contributed by atoms with Crippen molar-refractivity contribution in [3.05, 3.63) is 30.1 Å². The van der Waals surface area contributed by atoms with Gasteiger partial charge in [-0.05, 0) is 30.1 Å². The van der Waals surface area contributed by atoms with Gasteiger partial charge in [0.15, 0.2) is 17.2 Å². The minimum absolute atomic E-state index is 0.00237. The van der Waals surface area contributed by atoms with E-state index in [1.54, 1.807) is 0 Å². The van der Waals surface area contributed by atoms with E-state index >= 15 is 0 Å². The number of nitrogens with zero attached hydrogens (tertiary/aromatic N) is 1. The summed E-state index contributed by atoms with van der Waals surface area (Å²) in [7, 11) is 1.45. The molecule has 0 spiro atoms. The monoisotopic (exact) mass is 332 g/mol. The molecule has 24 heavy (non-hydrogen) atoms. The zero-order chi connectivity index (χ0) is 18.0. The first kappa shape index (κ1) is 18.3. The van der Waals surface area contributed by atoms with E-state index in [0.717, 1.165) is 19.3 Å². The molecule has 1 atom stereocenters. The fraction of sp³-hybridized carbons (Fsp3) is 0.579. The summed E-state index contributed by atoms with van der Waals surface area (Å²) in [6, 6.07) is 1.54. The van der Waals surface area contributed by atoms with Gasteiger partial charge in [-0.1, -0.05) is 39.8 Å². The van der Waals surface area contributed by atoms with Crippen molar-refractivity contribution in [3.8, 4) is 11.5 Å². The third-order valence-corrected chi connectivity index (χ3v) is 4.47. The van der Waals surface area contributed by atoms with Crippen molar-refractivity contribution in [1.29, 1.82) is 0 Å².